The molecular formula is C18H23N7O2. The molecule has 0 spiro atoms. The van der Waals surface area contributed by atoms with Crippen LogP contribution in [0.4, 0.5) is 10.5 Å². The Bertz CT molecular complexity index is 899. The van der Waals surface area contributed by atoms with Crippen molar-refractivity contribution < 1.29 is 9.32 Å². The van der Waals surface area contributed by atoms with Gasteiger partial charge in [-0.1, -0.05) is 19.0 Å². The van der Waals surface area contributed by atoms with Crippen LogP contribution >= 0.6 is 0 Å². The van der Waals surface area contributed by atoms with E-state index in [0.29, 0.717) is 23.3 Å². The van der Waals surface area contributed by atoms with Crippen molar-refractivity contribution in [3.8, 4) is 11.5 Å². The van der Waals surface area contributed by atoms with E-state index in [1.54, 1.807) is 23.7 Å². The number of amides is 2. The Morgan fingerprint density at radius 2 is 2.00 bits per heavy atom. The van der Waals surface area contributed by atoms with E-state index < -0.39 is 0 Å². The van der Waals surface area contributed by atoms with Gasteiger partial charge >= 0.3 is 6.03 Å². The lowest BCUT2D eigenvalue weighted by Crippen LogP contribution is -2.34. The molecule has 2 heterocycles. The summed E-state index contributed by atoms with van der Waals surface area (Å²) in [6.45, 7) is 5.96. The zero-order chi connectivity index (χ0) is 19.4. The number of carbonyl (C=O) groups excluding carboxylic acids is 1. The number of nitrogens with zero attached hydrogens (tertiary/aromatic N) is 5. The van der Waals surface area contributed by atoms with Gasteiger partial charge in [-0.15, -0.1) is 0 Å². The molecule has 9 nitrogen and oxygen atoms in total. The van der Waals surface area contributed by atoms with Gasteiger partial charge in [0.2, 0.25) is 0 Å². The Morgan fingerprint density at radius 1 is 1.26 bits per heavy atom. The molecule has 3 aromatic rings. The Morgan fingerprint density at radius 3 is 2.56 bits per heavy atom. The van der Waals surface area contributed by atoms with Crippen LogP contribution in [0.3, 0.4) is 0 Å². The third-order valence-corrected chi connectivity index (χ3v) is 3.99. The number of urea groups is 1. The number of aromatic nitrogens is 5. The molecule has 9 heteroatoms. The quantitative estimate of drug-likeness (QED) is 0.691. The number of rotatable bonds is 6. The van der Waals surface area contributed by atoms with Gasteiger partial charge in [0.05, 0.1) is 6.04 Å². The molecule has 27 heavy (non-hydrogen) atoms. The number of aryl methyl sites for hydroxylation is 2. The van der Waals surface area contributed by atoms with E-state index >= 15 is 0 Å². The summed E-state index contributed by atoms with van der Waals surface area (Å²) in [5.41, 5.74) is 1.45. The highest BCUT2D eigenvalue weighted by Gasteiger charge is 2.20. The first-order valence-corrected chi connectivity index (χ1v) is 8.74. The molecule has 142 valence electrons. The van der Waals surface area contributed by atoms with E-state index in [4.69, 9.17) is 4.52 Å². The Balaban J connectivity index is 1.66. The van der Waals surface area contributed by atoms with Gasteiger partial charge in [0, 0.05) is 18.3 Å². The summed E-state index contributed by atoms with van der Waals surface area (Å²) >= 11 is 0. The summed E-state index contributed by atoms with van der Waals surface area (Å²) in [5, 5.41) is 13.7. The van der Waals surface area contributed by atoms with Crippen molar-refractivity contribution in [1.29, 1.82) is 0 Å². The first-order valence-electron chi connectivity index (χ1n) is 8.74. The van der Waals surface area contributed by atoms with Gasteiger partial charge < -0.3 is 15.2 Å². The summed E-state index contributed by atoms with van der Waals surface area (Å²) in [6, 6.07) is 6.68. The van der Waals surface area contributed by atoms with Crippen LogP contribution in [0.15, 0.2) is 35.1 Å². The van der Waals surface area contributed by atoms with Gasteiger partial charge in [0.15, 0.2) is 5.82 Å². The molecule has 0 aliphatic carbocycles. The maximum atomic E-state index is 12.4. The molecule has 0 bridgehead atoms. The molecule has 2 N–H and O–H groups in total. The second-order valence-corrected chi connectivity index (χ2v) is 6.75. The third kappa shape index (κ3) is 4.69. The minimum Gasteiger partial charge on any atom is -0.334 e. The topological polar surface area (TPSA) is 111 Å². The van der Waals surface area contributed by atoms with Gasteiger partial charge in [0.1, 0.15) is 12.2 Å². The summed E-state index contributed by atoms with van der Waals surface area (Å²) in [6.07, 6.45) is 2.25. The van der Waals surface area contributed by atoms with Gasteiger partial charge in [-0.05, 0) is 43.5 Å². The Kier molecular flexibility index (Phi) is 5.49. The maximum absolute atomic E-state index is 12.4. The van der Waals surface area contributed by atoms with Crippen molar-refractivity contribution in [2.45, 2.75) is 33.2 Å². The molecule has 1 atom stereocenters. The number of nitrogens with one attached hydrogen (secondary N) is 2. The van der Waals surface area contributed by atoms with Crippen molar-refractivity contribution in [2.75, 3.05) is 5.32 Å². The van der Waals surface area contributed by atoms with Crippen molar-refractivity contribution in [3.05, 3.63) is 42.2 Å². The van der Waals surface area contributed by atoms with Crippen molar-refractivity contribution in [3.63, 3.8) is 0 Å². The second kappa shape index (κ2) is 7.98. The second-order valence-electron chi connectivity index (χ2n) is 6.75. The van der Waals surface area contributed by atoms with Gasteiger partial charge in [0.25, 0.3) is 5.89 Å². The Labute approximate surface area is 157 Å². The van der Waals surface area contributed by atoms with E-state index in [1.807, 2.05) is 19.2 Å². The largest absolute Gasteiger partial charge is 0.334 e. The van der Waals surface area contributed by atoms with Gasteiger partial charge in [-0.3, -0.25) is 4.68 Å². The molecular weight excluding hydrogens is 346 g/mol. The van der Waals surface area contributed by atoms with Crippen LogP contribution in [0.1, 0.15) is 38.0 Å². The maximum Gasteiger partial charge on any atom is 0.319 e. The average molecular weight is 369 g/mol. The van der Waals surface area contributed by atoms with E-state index in [-0.39, 0.29) is 12.1 Å². The Hall–Kier alpha value is -3.23. The zero-order valence-corrected chi connectivity index (χ0v) is 15.8. The fourth-order valence-corrected chi connectivity index (χ4v) is 2.76. The van der Waals surface area contributed by atoms with E-state index in [0.717, 1.165) is 17.8 Å². The summed E-state index contributed by atoms with van der Waals surface area (Å²) in [5.74, 6) is 2.14. The molecule has 1 aromatic carbocycles. The summed E-state index contributed by atoms with van der Waals surface area (Å²) < 4.78 is 6.81. The standard InChI is InChI=1S/C18H23N7O2/c1-11(2)9-15(16-19-10-20-25(16)4)23-18(26)22-14-7-5-13(6-8-14)17-21-12(3)24-27-17/h5-8,10-11,15H,9H2,1-4H3,(H2,22,23,26)/t15-/m0/s1. The summed E-state index contributed by atoms with van der Waals surface area (Å²) in [7, 11) is 1.81. The minimum atomic E-state index is -0.301. The molecule has 0 saturated carbocycles. The van der Waals surface area contributed by atoms with Gasteiger partial charge in [-0.2, -0.15) is 10.1 Å². The molecule has 0 radical (unpaired) electrons. The van der Waals surface area contributed by atoms with Crippen LogP contribution in [0.2, 0.25) is 0 Å². The highest BCUT2D eigenvalue weighted by Crippen LogP contribution is 2.21. The molecule has 0 aliphatic heterocycles. The fourth-order valence-electron chi connectivity index (χ4n) is 2.76. The van der Waals surface area contributed by atoms with E-state index in [1.165, 1.54) is 6.33 Å². The number of benzene rings is 1. The number of hydrogen-bond acceptors (Lipinski definition) is 6. The van der Waals surface area contributed by atoms with Crippen LogP contribution in [0.5, 0.6) is 0 Å². The first-order chi connectivity index (χ1) is 12.9. The molecule has 2 aromatic heterocycles. The predicted octanol–water partition coefficient (Wildman–Crippen LogP) is 3.08. The lowest BCUT2D eigenvalue weighted by molar-refractivity contribution is 0.245. The van der Waals surface area contributed by atoms with Gasteiger partial charge in [-0.25, -0.2) is 9.78 Å². The van der Waals surface area contributed by atoms with Crippen molar-refractivity contribution >= 4 is 11.7 Å². The molecule has 0 aliphatic rings. The molecule has 3 rings (SSSR count). The molecule has 2 amide bonds. The van der Waals surface area contributed by atoms with Crippen molar-refractivity contribution in [2.24, 2.45) is 13.0 Å². The lowest BCUT2D eigenvalue weighted by Gasteiger charge is -2.20. The summed E-state index contributed by atoms with van der Waals surface area (Å²) in [4.78, 5) is 20.9. The highest BCUT2D eigenvalue weighted by atomic mass is 16.5. The van der Waals surface area contributed by atoms with Crippen LogP contribution < -0.4 is 10.6 Å². The van der Waals surface area contributed by atoms with Crippen LogP contribution in [0.25, 0.3) is 11.5 Å². The lowest BCUT2D eigenvalue weighted by atomic mass is 10.0. The number of hydrogen-bond donors (Lipinski definition) is 2. The first kappa shape index (κ1) is 18.6. The minimum absolute atomic E-state index is 0.224. The zero-order valence-electron chi connectivity index (χ0n) is 15.8. The normalized spacial score (nSPS) is 12.2. The fraction of sp³-hybridized carbons (Fsp3) is 0.389. The molecule has 0 unspecified atom stereocenters. The van der Waals surface area contributed by atoms with Crippen LogP contribution in [-0.4, -0.2) is 30.9 Å². The molecule has 0 saturated heterocycles. The monoisotopic (exact) mass is 369 g/mol. The highest BCUT2D eigenvalue weighted by molar-refractivity contribution is 5.89. The van der Waals surface area contributed by atoms with Crippen molar-refractivity contribution in [1.82, 2.24) is 30.2 Å². The number of anilines is 1. The van der Waals surface area contributed by atoms with E-state index in [9.17, 15) is 4.79 Å². The van der Waals surface area contributed by atoms with E-state index in [2.05, 4.69) is 44.7 Å². The molecule has 0 fully saturated rings. The van der Waals surface area contributed by atoms with Crippen LogP contribution in [0, 0.1) is 12.8 Å². The average Bonchev–Trinajstić information content (AvgIpc) is 3.23. The smallest absolute Gasteiger partial charge is 0.319 e. The third-order valence-electron chi connectivity index (χ3n) is 3.99. The predicted molar refractivity (Wildman–Crippen MR) is 99.8 cm³/mol. The number of carbonyl (C=O) groups is 1. The SMILES string of the molecule is Cc1noc(-c2ccc(NC(=O)N[C@@H](CC(C)C)c3ncnn3C)cc2)n1. The van der Waals surface area contributed by atoms with Crippen LogP contribution in [-0.2, 0) is 7.05 Å².